The zero-order chi connectivity index (χ0) is 36.6. The van der Waals surface area contributed by atoms with Crippen molar-refractivity contribution in [1.29, 1.82) is 0 Å². The van der Waals surface area contributed by atoms with Crippen molar-refractivity contribution >= 4 is 5.78 Å². The molecule has 0 aliphatic carbocycles. The summed E-state index contributed by atoms with van der Waals surface area (Å²) in [5.41, 5.74) is 2.20. The molecule has 0 aromatic carbocycles. The zero-order valence-corrected chi connectivity index (χ0v) is 31.6. The highest BCUT2D eigenvalue weighted by molar-refractivity contribution is 5.79. The van der Waals surface area contributed by atoms with Crippen molar-refractivity contribution in [3.8, 4) is 0 Å². The van der Waals surface area contributed by atoms with E-state index < -0.39 is 18.0 Å². The lowest BCUT2D eigenvalue weighted by atomic mass is 9.81. The minimum Gasteiger partial charge on any atom is -0.391 e. The van der Waals surface area contributed by atoms with Crippen molar-refractivity contribution < 1.29 is 57.3 Å². The molecule has 10 aliphatic rings. The molecule has 53 heavy (non-hydrogen) atoms. The van der Waals surface area contributed by atoms with Crippen LogP contribution in [-0.2, 0) is 52.2 Å². The van der Waals surface area contributed by atoms with E-state index in [2.05, 4.69) is 20.1 Å². The van der Waals surface area contributed by atoms with E-state index in [1.807, 2.05) is 0 Å². The summed E-state index contributed by atoms with van der Waals surface area (Å²) in [6.45, 7) is 11.3. The van der Waals surface area contributed by atoms with Crippen LogP contribution in [-0.4, -0.2) is 135 Å². The predicted octanol–water partition coefficient (Wildman–Crippen LogP) is 4.13. The van der Waals surface area contributed by atoms with Crippen LogP contribution in [0.25, 0.3) is 0 Å². The van der Waals surface area contributed by atoms with Gasteiger partial charge < -0.3 is 52.5 Å². The van der Waals surface area contributed by atoms with Crippen molar-refractivity contribution in [2.45, 2.75) is 194 Å². The molecule has 1 N–H and O–H groups in total. The first kappa shape index (κ1) is 37.3. The van der Waals surface area contributed by atoms with Gasteiger partial charge in [-0.3, -0.25) is 4.79 Å². The largest absolute Gasteiger partial charge is 0.391 e. The van der Waals surface area contributed by atoms with Gasteiger partial charge in [0.2, 0.25) is 0 Å². The first-order chi connectivity index (χ1) is 25.6. The first-order valence-electron chi connectivity index (χ1n) is 20.5. The van der Waals surface area contributed by atoms with E-state index in [1.165, 1.54) is 0 Å². The molecule has 19 atom stereocenters. The molecule has 10 heterocycles. The topological polar surface area (TPSA) is 130 Å². The van der Waals surface area contributed by atoms with Crippen LogP contribution in [0.5, 0.6) is 0 Å². The van der Waals surface area contributed by atoms with Crippen molar-refractivity contribution in [2.24, 2.45) is 11.8 Å². The van der Waals surface area contributed by atoms with Crippen LogP contribution in [0.3, 0.4) is 0 Å². The van der Waals surface area contributed by atoms with Gasteiger partial charge in [0.05, 0.1) is 73.8 Å². The Kier molecular flexibility index (Phi) is 10.5. The van der Waals surface area contributed by atoms with Crippen LogP contribution in [0.2, 0.25) is 0 Å². The molecule has 296 valence electrons. The third kappa shape index (κ3) is 7.04. The van der Waals surface area contributed by atoms with Crippen LogP contribution in [0.4, 0.5) is 0 Å². The number of hydrogen-bond donors (Lipinski definition) is 1. The fraction of sp³-hybridized carbons (Fsp3) is 0.878. The van der Waals surface area contributed by atoms with Gasteiger partial charge in [0.1, 0.15) is 36.3 Å². The molecule has 10 saturated heterocycles. The summed E-state index contributed by atoms with van der Waals surface area (Å²) in [7, 11) is 3.24. The van der Waals surface area contributed by atoms with Crippen molar-refractivity contribution in [3.05, 3.63) is 24.3 Å². The van der Waals surface area contributed by atoms with Gasteiger partial charge in [-0.25, -0.2) is 0 Å². The Morgan fingerprint density at radius 3 is 2.36 bits per heavy atom. The molecule has 10 fully saturated rings. The Morgan fingerprint density at radius 1 is 0.774 bits per heavy atom. The van der Waals surface area contributed by atoms with Crippen molar-refractivity contribution in [3.63, 3.8) is 0 Å². The maximum Gasteiger partial charge on any atom is 0.172 e. The molecule has 5 unspecified atom stereocenters. The van der Waals surface area contributed by atoms with Crippen LogP contribution in [0.1, 0.15) is 90.4 Å². The lowest BCUT2D eigenvalue weighted by molar-refractivity contribution is -0.292. The molecular weight excluding hydrogens is 684 g/mol. The van der Waals surface area contributed by atoms with E-state index in [4.69, 9.17) is 47.4 Å². The highest BCUT2D eigenvalue weighted by Crippen LogP contribution is 2.54. The number of fused-ring (bicyclic) bond motifs is 6. The number of methoxy groups -OCH3 is 2. The SMILES string of the molecule is C=C1C2C[C@@H]3OC(C[C@H](O)COC)[C@H](OC)C3CC(=O)CC3CC[C@@H]4O[C@@H]5[C@H]6O[C@@H]7C[C@](CC[C@H]8CC(=C)[C@H](CCC(C[C@H]1C)O2)O8)(O[C@H]6[C@H]4O3)O[C@H]57. The van der Waals surface area contributed by atoms with Gasteiger partial charge in [0.25, 0.3) is 0 Å². The molecule has 10 rings (SSSR count). The Morgan fingerprint density at radius 2 is 1.53 bits per heavy atom. The average molecular weight is 745 g/mol. The molecular formula is C41H60O12. The highest BCUT2D eigenvalue weighted by atomic mass is 16.8. The van der Waals surface area contributed by atoms with Gasteiger partial charge in [-0.1, -0.05) is 20.1 Å². The predicted molar refractivity (Wildman–Crippen MR) is 189 cm³/mol. The van der Waals surface area contributed by atoms with E-state index in [-0.39, 0.29) is 123 Å². The second-order valence-corrected chi connectivity index (χ2v) is 17.6. The lowest BCUT2D eigenvalue weighted by Gasteiger charge is -2.47. The molecule has 0 radical (unpaired) electrons. The Hall–Kier alpha value is -1.29. The lowest BCUT2D eigenvalue weighted by Crippen LogP contribution is -2.61. The molecule has 12 heteroatoms. The van der Waals surface area contributed by atoms with Gasteiger partial charge in [0.15, 0.2) is 5.79 Å². The Balaban J connectivity index is 0.990. The van der Waals surface area contributed by atoms with Crippen molar-refractivity contribution in [2.75, 3.05) is 20.8 Å². The number of aliphatic hydroxyl groups is 1. The fourth-order valence-corrected chi connectivity index (χ4v) is 11.4. The van der Waals surface area contributed by atoms with Gasteiger partial charge in [0, 0.05) is 58.7 Å². The van der Waals surface area contributed by atoms with Crippen LogP contribution in [0, 0.1) is 11.8 Å². The fourth-order valence-electron chi connectivity index (χ4n) is 11.4. The molecule has 12 bridgehead atoms. The van der Waals surface area contributed by atoms with Crippen LogP contribution < -0.4 is 0 Å². The van der Waals surface area contributed by atoms with Crippen LogP contribution >= 0.6 is 0 Å². The Labute approximate surface area is 313 Å². The number of carbonyl (C=O) groups is 1. The maximum atomic E-state index is 14.1. The number of rotatable bonds is 5. The number of ketones is 1. The molecule has 0 aromatic heterocycles. The summed E-state index contributed by atoms with van der Waals surface area (Å²) in [5, 5.41) is 10.7. The summed E-state index contributed by atoms with van der Waals surface area (Å²) >= 11 is 0. The molecule has 10 aliphatic heterocycles. The summed E-state index contributed by atoms with van der Waals surface area (Å²) in [6.07, 6.45) is 4.88. The van der Waals surface area contributed by atoms with E-state index in [1.54, 1.807) is 14.2 Å². The first-order valence-corrected chi connectivity index (χ1v) is 20.5. The summed E-state index contributed by atoms with van der Waals surface area (Å²) in [6, 6.07) is 0. The van der Waals surface area contributed by atoms with Crippen molar-refractivity contribution in [1.82, 2.24) is 0 Å². The number of aliphatic hydroxyl groups excluding tert-OH is 1. The molecule has 12 nitrogen and oxygen atoms in total. The third-order valence-corrected chi connectivity index (χ3v) is 14.1. The minimum absolute atomic E-state index is 0.0162. The number of hydrogen-bond acceptors (Lipinski definition) is 12. The zero-order valence-electron chi connectivity index (χ0n) is 31.6. The Bertz CT molecular complexity index is 1390. The quantitative estimate of drug-likeness (QED) is 0.407. The normalized spacial score (nSPS) is 51.6. The van der Waals surface area contributed by atoms with E-state index in [9.17, 15) is 9.90 Å². The van der Waals surface area contributed by atoms with E-state index in [0.717, 1.165) is 56.1 Å². The average Bonchev–Trinajstić information content (AvgIpc) is 3.80. The maximum absolute atomic E-state index is 14.1. The monoisotopic (exact) mass is 744 g/mol. The van der Waals surface area contributed by atoms with Gasteiger partial charge >= 0.3 is 0 Å². The summed E-state index contributed by atoms with van der Waals surface area (Å²) < 4.78 is 65.4. The summed E-state index contributed by atoms with van der Waals surface area (Å²) in [4.78, 5) is 14.1. The van der Waals surface area contributed by atoms with Gasteiger partial charge in [-0.05, 0) is 62.0 Å². The number of carbonyl (C=O) groups excluding carboxylic acids is 1. The van der Waals surface area contributed by atoms with Gasteiger partial charge in [-0.15, -0.1) is 0 Å². The standard InChI is InChI=1S/C41H60O12/c1-20-12-25-6-8-29-21(2)13-27(46-29)10-11-41-18-34-37(52-41)38-39(51-34)40(53-41)36-30(50-38)9-7-26(48-36)14-23(42)15-28-32(17-31(47-25)22(20)3)49-33(35(28)45-5)16-24(43)19-44-4/h20,24-40,43H,2-3,6-19H2,1,4-5H3/t20-,24+,25?,26?,27+,28?,29+,30+,31?,32+,33?,34-,35-,36+,37+,38+,39-,40+,41+/m1/s1. The number of Topliss-reactive ketones (excluding diaryl/α,β-unsaturated/α-hetero) is 1. The summed E-state index contributed by atoms with van der Waals surface area (Å²) in [5.74, 6) is -0.618. The number of ether oxygens (including phenoxy) is 10. The molecule has 1 spiro atoms. The second kappa shape index (κ2) is 14.9. The van der Waals surface area contributed by atoms with E-state index >= 15 is 0 Å². The van der Waals surface area contributed by atoms with Gasteiger partial charge in [-0.2, -0.15) is 0 Å². The van der Waals surface area contributed by atoms with Crippen LogP contribution in [0.15, 0.2) is 24.3 Å². The molecule has 0 saturated carbocycles. The second-order valence-electron chi connectivity index (χ2n) is 17.6. The minimum atomic E-state index is -0.781. The molecule has 0 amide bonds. The highest BCUT2D eigenvalue weighted by Gasteiger charge is 2.68. The van der Waals surface area contributed by atoms with E-state index in [0.29, 0.717) is 25.7 Å². The smallest absolute Gasteiger partial charge is 0.172 e. The third-order valence-electron chi connectivity index (χ3n) is 14.1. The molecule has 0 aromatic rings.